The van der Waals surface area contributed by atoms with Crippen LogP contribution in [0.4, 0.5) is 0 Å². The largest absolute Gasteiger partial charge is 0.392 e. The lowest BCUT2D eigenvalue weighted by Crippen LogP contribution is -2.45. The minimum absolute atomic E-state index is 0.0789. The first-order valence-electron chi connectivity index (χ1n) is 3.09. The Balaban J connectivity index is 3.87. The third-order valence-corrected chi connectivity index (χ3v) is 1.38. The fourth-order valence-corrected chi connectivity index (χ4v) is 0.592. The quantitative estimate of drug-likeness (QED) is 0.434. The summed E-state index contributed by atoms with van der Waals surface area (Å²) in [6.45, 7) is 1.58. The van der Waals surface area contributed by atoms with Crippen molar-refractivity contribution in [3.05, 3.63) is 4.91 Å². The molecule has 5 nitrogen and oxygen atoms in total. The molecule has 0 aliphatic heterocycles. The number of nitroso groups, excluding NO2 is 1. The van der Waals surface area contributed by atoms with Gasteiger partial charge in [-0.1, -0.05) is 5.18 Å². The minimum Gasteiger partial charge on any atom is -0.392 e. The topological polar surface area (TPSA) is 102 Å². The second-order valence-electron chi connectivity index (χ2n) is 2.23. The van der Waals surface area contributed by atoms with Crippen LogP contribution in [0, 0.1) is 4.91 Å². The van der Waals surface area contributed by atoms with Crippen molar-refractivity contribution in [2.24, 2.45) is 16.6 Å². The van der Waals surface area contributed by atoms with Crippen molar-refractivity contribution >= 4 is 0 Å². The normalized spacial score (nSPS) is 19.6. The van der Waals surface area contributed by atoms with E-state index in [-0.39, 0.29) is 6.54 Å². The van der Waals surface area contributed by atoms with E-state index in [9.17, 15) is 4.91 Å². The number of hydrogen-bond donors (Lipinski definition) is 3. The summed E-state index contributed by atoms with van der Waals surface area (Å²) in [5.74, 6) is 0. The second-order valence-corrected chi connectivity index (χ2v) is 2.23. The zero-order valence-corrected chi connectivity index (χ0v) is 5.90. The molecule has 0 radical (unpaired) electrons. The van der Waals surface area contributed by atoms with E-state index in [2.05, 4.69) is 5.18 Å². The summed E-state index contributed by atoms with van der Waals surface area (Å²) in [6.07, 6.45) is -0.744. The average molecular weight is 147 g/mol. The molecule has 5 N–H and O–H groups in total. The van der Waals surface area contributed by atoms with E-state index >= 15 is 0 Å². The van der Waals surface area contributed by atoms with Gasteiger partial charge in [-0.05, 0) is 6.92 Å². The van der Waals surface area contributed by atoms with Crippen LogP contribution in [-0.2, 0) is 0 Å². The lowest BCUT2D eigenvalue weighted by Gasteiger charge is -2.17. The van der Waals surface area contributed by atoms with Gasteiger partial charge < -0.3 is 16.6 Å². The Labute approximate surface area is 59.4 Å². The van der Waals surface area contributed by atoms with E-state index in [1.165, 1.54) is 6.92 Å². The number of aliphatic hydroxyl groups is 1. The monoisotopic (exact) mass is 147 g/mol. The average Bonchev–Trinajstić information content (AvgIpc) is 1.90. The van der Waals surface area contributed by atoms with E-state index in [0.717, 1.165) is 0 Å². The first kappa shape index (κ1) is 9.48. The fraction of sp³-hybridized carbons (Fsp3) is 1.00. The highest BCUT2D eigenvalue weighted by Crippen LogP contribution is 1.98. The van der Waals surface area contributed by atoms with E-state index in [0.29, 0.717) is 0 Å². The highest BCUT2D eigenvalue weighted by atomic mass is 16.3. The molecule has 0 heterocycles. The molecule has 10 heavy (non-hydrogen) atoms. The van der Waals surface area contributed by atoms with Crippen LogP contribution in [-0.4, -0.2) is 29.8 Å². The molecule has 0 spiro atoms. The van der Waals surface area contributed by atoms with Gasteiger partial charge in [0, 0.05) is 6.54 Å². The van der Waals surface area contributed by atoms with Crippen LogP contribution in [0.25, 0.3) is 0 Å². The Morgan fingerprint density at radius 1 is 1.70 bits per heavy atom. The Kier molecular flexibility index (Phi) is 4.10. The molecule has 0 saturated carbocycles. The van der Waals surface area contributed by atoms with Crippen molar-refractivity contribution in [1.29, 1.82) is 0 Å². The molecule has 0 bridgehead atoms. The van der Waals surface area contributed by atoms with Gasteiger partial charge >= 0.3 is 0 Å². The number of nitrogens with zero attached hydrogens (tertiary/aromatic N) is 1. The van der Waals surface area contributed by atoms with Gasteiger partial charge in [0.1, 0.15) is 6.04 Å². The van der Waals surface area contributed by atoms with Crippen molar-refractivity contribution in [2.45, 2.75) is 25.1 Å². The van der Waals surface area contributed by atoms with E-state index in [1.807, 2.05) is 0 Å². The maximum absolute atomic E-state index is 9.96. The minimum atomic E-state index is -0.744. The standard InChI is InChI=1S/C5H13N3O2/c1-3(9)5(7)4(2-6)8-10/h3-5,9H,2,6-7H2,1H3. The molecule has 0 rings (SSSR count). The molecule has 5 heteroatoms. The Morgan fingerprint density at radius 3 is 2.30 bits per heavy atom. The molecule has 0 saturated heterocycles. The molecule has 0 amide bonds. The lowest BCUT2D eigenvalue weighted by atomic mass is 10.1. The van der Waals surface area contributed by atoms with Crippen LogP contribution in [0.1, 0.15) is 6.92 Å². The zero-order valence-electron chi connectivity index (χ0n) is 5.90. The predicted octanol–water partition coefficient (Wildman–Crippen LogP) is -1.21. The lowest BCUT2D eigenvalue weighted by molar-refractivity contribution is 0.152. The Morgan fingerprint density at radius 2 is 2.20 bits per heavy atom. The summed E-state index contributed by atoms with van der Waals surface area (Å²) in [4.78, 5) is 9.96. The molecule has 0 fully saturated rings. The summed E-state index contributed by atoms with van der Waals surface area (Å²) >= 11 is 0. The van der Waals surface area contributed by atoms with Gasteiger partial charge in [-0.2, -0.15) is 4.91 Å². The molecule has 3 atom stereocenters. The first-order chi connectivity index (χ1) is 4.63. The van der Waals surface area contributed by atoms with Crippen molar-refractivity contribution in [2.75, 3.05) is 6.54 Å². The molecule has 0 aromatic heterocycles. The number of rotatable bonds is 4. The molecular weight excluding hydrogens is 134 g/mol. The van der Waals surface area contributed by atoms with Gasteiger partial charge in [-0.25, -0.2) is 0 Å². The Hall–Kier alpha value is -0.520. The van der Waals surface area contributed by atoms with E-state index < -0.39 is 18.2 Å². The number of nitrogens with two attached hydrogens (primary N) is 2. The maximum Gasteiger partial charge on any atom is 0.122 e. The highest BCUT2D eigenvalue weighted by molar-refractivity contribution is 4.83. The molecular formula is C5H13N3O2. The molecule has 0 aromatic carbocycles. The molecule has 0 aromatic rings. The summed E-state index contributed by atoms with van der Waals surface area (Å²) in [6, 6.07) is -1.33. The highest BCUT2D eigenvalue weighted by Gasteiger charge is 2.20. The third-order valence-electron chi connectivity index (χ3n) is 1.38. The van der Waals surface area contributed by atoms with Crippen molar-refractivity contribution in [3.8, 4) is 0 Å². The van der Waals surface area contributed by atoms with Crippen molar-refractivity contribution < 1.29 is 5.11 Å². The smallest absolute Gasteiger partial charge is 0.122 e. The fourth-order valence-electron chi connectivity index (χ4n) is 0.592. The molecule has 60 valence electrons. The maximum atomic E-state index is 9.96. The van der Waals surface area contributed by atoms with Gasteiger partial charge in [0.05, 0.1) is 12.1 Å². The summed E-state index contributed by atoms with van der Waals surface area (Å²) < 4.78 is 0. The van der Waals surface area contributed by atoms with Crippen LogP contribution < -0.4 is 11.5 Å². The Bertz CT molecular complexity index is 107. The second kappa shape index (κ2) is 4.32. The van der Waals surface area contributed by atoms with Gasteiger partial charge in [0.15, 0.2) is 0 Å². The molecule has 3 unspecified atom stereocenters. The van der Waals surface area contributed by atoms with Crippen molar-refractivity contribution in [1.82, 2.24) is 0 Å². The van der Waals surface area contributed by atoms with Crippen LogP contribution in [0.5, 0.6) is 0 Å². The van der Waals surface area contributed by atoms with Crippen molar-refractivity contribution in [3.63, 3.8) is 0 Å². The molecule has 0 aliphatic rings. The summed E-state index contributed by atoms with van der Waals surface area (Å²) in [5.41, 5.74) is 10.5. The van der Waals surface area contributed by atoms with Crippen LogP contribution in [0.2, 0.25) is 0 Å². The van der Waals surface area contributed by atoms with Crippen LogP contribution in [0.3, 0.4) is 0 Å². The molecule has 0 aliphatic carbocycles. The zero-order chi connectivity index (χ0) is 8.15. The van der Waals surface area contributed by atoms with Crippen LogP contribution >= 0.6 is 0 Å². The van der Waals surface area contributed by atoms with Gasteiger partial charge in [0.25, 0.3) is 0 Å². The predicted molar refractivity (Wildman–Crippen MR) is 38.3 cm³/mol. The third kappa shape index (κ3) is 2.38. The van der Waals surface area contributed by atoms with Gasteiger partial charge in [-0.15, -0.1) is 0 Å². The van der Waals surface area contributed by atoms with E-state index in [4.69, 9.17) is 16.6 Å². The van der Waals surface area contributed by atoms with Gasteiger partial charge in [0.2, 0.25) is 0 Å². The summed E-state index contributed by atoms with van der Waals surface area (Å²) in [5, 5.41) is 11.5. The summed E-state index contributed by atoms with van der Waals surface area (Å²) in [7, 11) is 0. The number of aliphatic hydroxyl groups excluding tert-OH is 1. The number of hydrogen-bond acceptors (Lipinski definition) is 5. The van der Waals surface area contributed by atoms with E-state index in [1.54, 1.807) is 0 Å². The first-order valence-corrected chi connectivity index (χ1v) is 3.09. The van der Waals surface area contributed by atoms with Crippen LogP contribution in [0.15, 0.2) is 5.18 Å². The SMILES string of the molecule is CC(O)C(N)C(CN)N=O. The van der Waals surface area contributed by atoms with Gasteiger partial charge in [-0.3, -0.25) is 0 Å².